The number of hydrogen-bond donors (Lipinski definition) is 0. The Bertz CT molecular complexity index is 146. The predicted octanol–water partition coefficient (Wildman–Crippen LogP) is 0.575. The summed E-state index contributed by atoms with van der Waals surface area (Å²) >= 11 is 0. The van der Waals surface area contributed by atoms with E-state index in [2.05, 4.69) is 6.58 Å². The summed E-state index contributed by atoms with van der Waals surface area (Å²) in [4.78, 5) is 0. The zero-order valence-corrected chi connectivity index (χ0v) is 8.06. The van der Waals surface area contributed by atoms with E-state index >= 15 is 0 Å². The molecule has 0 radical (unpaired) electrons. The average Bonchev–Trinajstić information content (AvgIpc) is 2.50. The van der Waals surface area contributed by atoms with Gasteiger partial charge in [-0.2, -0.15) is 0 Å². The average molecular weight is 188 g/mol. The van der Waals surface area contributed by atoms with E-state index in [-0.39, 0.29) is 18.5 Å². The first kappa shape index (κ1) is 10.7. The Hall–Kier alpha value is -0.420. The minimum absolute atomic E-state index is 0.0621. The van der Waals surface area contributed by atoms with Crippen LogP contribution in [0, 0.1) is 0 Å². The van der Waals surface area contributed by atoms with Crippen LogP contribution in [0.3, 0.4) is 0 Å². The minimum atomic E-state index is -0.333. The van der Waals surface area contributed by atoms with Crippen molar-refractivity contribution in [1.82, 2.24) is 0 Å². The monoisotopic (exact) mass is 188 g/mol. The van der Waals surface area contributed by atoms with Crippen LogP contribution in [0.5, 0.6) is 0 Å². The summed E-state index contributed by atoms with van der Waals surface area (Å²) in [5.41, 5.74) is 0. The highest BCUT2D eigenvalue weighted by Crippen LogP contribution is 2.20. The summed E-state index contributed by atoms with van der Waals surface area (Å²) in [6.07, 6.45) is 1.17. The second kappa shape index (κ2) is 5.34. The molecule has 1 saturated heterocycles. The molecule has 1 fully saturated rings. The molecular weight excluding hydrogens is 172 g/mol. The van der Waals surface area contributed by atoms with Gasteiger partial charge < -0.3 is 18.9 Å². The van der Waals surface area contributed by atoms with E-state index in [1.165, 1.54) is 0 Å². The van der Waals surface area contributed by atoms with Crippen molar-refractivity contribution in [3.8, 4) is 0 Å². The molecule has 4 nitrogen and oxygen atoms in total. The van der Waals surface area contributed by atoms with Crippen molar-refractivity contribution in [3.05, 3.63) is 12.7 Å². The van der Waals surface area contributed by atoms with Crippen molar-refractivity contribution in [3.63, 3.8) is 0 Å². The molecule has 0 saturated carbocycles. The number of ether oxygens (including phenoxy) is 4. The lowest BCUT2D eigenvalue weighted by atomic mass is 10.2. The highest BCUT2D eigenvalue weighted by molar-refractivity contribution is 4.84. The third-order valence-electron chi connectivity index (χ3n) is 1.89. The summed E-state index contributed by atoms with van der Waals surface area (Å²) in [6, 6.07) is 0. The Balaban J connectivity index is 2.43. The molecule has 1 heterocycles. The second-order valence-electron chi connectivity index (χ2n) is 2.86. The van der Waals surface area contributed by atoms with E-state index in [9.17, 15) is 0 Å². The zero-order valence-electron chi connectivity index (χ0n) is 8.06. The van der Waals surface area contributed by atoms with Gasteiger partial charge in [0.1, 0.15) is 12.2 Å². The fourth-order valence-corrected chi connectivity index (χ4v) is 1.28. The van der Waals surface area contributed by atoms with Gasteiger partial charge in [-0.3, -0.25) is 0 Å². The van der Waals surface area contributed by atoms with E-state index in [1.807, 2.05) is 0 Å². The fourth-order valence-electron chi connectivity index (χ4n) is 1.28. The Morgan fingerprint density at radius 1 is 1.15 bits per heavy atom. The molecule has 1 aliphatic heterocycles. The van der Waals surface area contributed by atoms with Crippen molar-refractivity contribution in [2.45, 2.75) is 18.5 Å². The summed E-state index contributed by atoms with van der Waals surface area (Å²) in [7, 11) is 3.27. The lowest BCUT2D eigenvalue weighted by molar-refractivity contribution is -0.0421. The number of methoxy groups -OCH3 is 2. The first-order valence-corrected chi connectivity index (χ1v) is 4.23. The molecule has 0 amide bonds. The topological polar surface area (TPSA) is 36.9 Å². The van der Waals surface area contributed by atoms with Crippen LogP contribution in [0.15, 0.2) is 12.7 Å². The molecule has 0 spiro atoms. The van der Waals surface area contributed by atoms with Crippen molar-refractivity contribution in [1.29, 1.82) is 0 Å². The molecule has 1 rings (SSSR count). The molecule has 0 aromatic heterocycles. The van der Waals surface area contributed by atoms with Crippen LogP contribution in [0.1, 0.15) is 0 Å². The van der Waals surface area contributed by atoms with E-state index in [0.29, 0.717) is 13.2 Å². The van der Waals surface area contributed by atoms with Gasteiger partial charge in [0.2, 0.25) is 0 Å². The molecule has 0 aromatic rings. The van der Waals surface area contributed by atoms with Gasteiger partial charge in [-0.1, -0.05) is 6.58 Å². The van der Waals surface area contributed by atoms with Gasteiger partial charge in [0.25, 0.3) is 0 Å². The quantitative estimate of drug-likeness (QED) is 0.591. The molecule has 13 heavy (non-hydrogen) atoms. The standard InChI is InChI=1S/C9H16O4/c1-4-9-12-7(5-10-2)8(13-9)6-11-3/h4,7-9H,1,5-6H2,2-3H3/t7-,8-/m0/s1. The normalized spacial score (nSPS) is 29.4. The largest absolute Gasteiger partial charge is 0.382 e. The molecule has 0 aromatic carbocycles. The molecule has 76 valence electrons. The van der Waals surface area contributed by atoms with Crippen molar-refractivity contribution >= 4 is 0 Å². The third kappa shape index (κ3) is 2.77. The highest BCUT2D eigenvalue weighted by Gasteiger charge is 2.34. The molecule has 0 bridgehead atoms. The first-order valence-electron chi connectivity index (χ1n) is 4.23. The van der Waals surface area contributed by atoms with Gasteiger partial charge in [-0.15, -0.1) is 0 Å². The first-order chi connectivity index (χ1) is 6.31. The Morgan fingerprint density at radius 2 is 1.62 bits per heavy atom. The maximum Gasteiger partial charge on any atom is 0.177 e. The molecule has 2 atom stereocenters. The summed E-state index contributed by atoms with van der Waals surface area (Å²) < 4.78 is 20.9. The van der Waals surface area contributed by atoms with Crippen LogP contribution in [-0.2, 0) is 18.9 Å². The van der Waals surface area contributed by atoms with Crippen LogP contribution in [-0.4, -0.2) is 45.9 Å². The number of rotatable bonds is 5. The molecular formula is C9H16O4. The lowest BCUT2D eigenvalue weighted by Gasteiger charge is -2.14. The van der Waals surface area contributed by atoms with Gasteiger partial charge in [-0.05, 0) is 6.08 Å². The van der Waals surface area contributed by atoms with E-state index in [4.69, 9.17) is 18.9 Å². The highest BCUT2D eigenvalue weighted by atomic mass is 16.7. The summed E-state index contributed by atoms with van der Waals surface area (Å²) in [5.74, 6) is 0. The minimum Gasteiger partial charge on any atom is -0.382 e. The molecule has 0 N–H and O–H groups in total. The second-order valence-corrected chi connectivity index (χ2v) is 2.86. The zero-order chi connectivity index (χ0) is 9.68. The van der Waals surface area contributed by atoms with Gasteiger partial charge in [0.05, 0.1) is 13.2 Å². The van der Waals surface area contributed by atoms with Crippen LogP contribution in [0.4, 0.5) is 0 Å². The molecule has 0 unspecified atom stereocenters. The summed E-state index contributed by atoms with van der Waals surface area (Å²) in [6.45, 7) is 4.62. The Morgan fingerprint density at radius 3 is 1.92 bits per heavy atom. The summed E-state index contributed by atoms with van der Waals surface area (Å²) in [5, 5.41) is 0. The van der Waals surface area contributed by atoms with Crippen LogP contribution in [0.2, 0.25) is 0 Å². The Labute approximate surface area is 78.4 Å². The molecule has 4 heteroatoms. The van der Waals surface area contributed by atoms with Crippen molar-refractivity contribution < 1.29 is 18.9 Å². The molecule has 1 aliphatic rings. The predicted molar refractivity (Wildman–Crippen MR) is 47.5 cm³/mol. The maximum absolute atomic E-state index is 5.47. The van der Waals surface area contributed by atoms with Crippen LogP contribution < -0.4 is 0 Å². The smallest absolute Gasteiger partial charge is 0.177 e. The maximum atomic E-state index is 5.47. The van der Waals surface area contributed by atoms with E-state index in [1.54, 1.807) is 20.3 Å². The van der Waals surface area contributed by atoms with Gasteiger partial charge in [0, 0.05) is 14.2 Å². The van der Waals surface area contributed by atoms with E-state index < -0.39 is 0 Å². The van der Waals surface area contributed by atoms with E-state index in [0.717, 1.165) is 0 Å². The SMILES string of the molecule is C=CC1O[C@@H](COC)[C@H](COC)O1. The fraction of sp³-hybridized carbons (Fsp3) is 0.778. The lowest BCUT2D eigenvalue weighted by Crippen LogP contribution is -2.30. The van der Waals surface area contributed by atoms with Crippen molar-refractivity contribution in [2.24, 2.45) is 0 Å². The third-order valence-corrected chi connectivity index (χ3v) is 1.89. The van der Waals surface area contributed by atoms with Crippen LogP contribution in [0.25, 0.3) is 0 Å². The molecule has 0 aliphatic carbocycles. The van der Waals surface area contributed by atoms with Crippen molar-refractivity contribution in [2.75, 3.05) is 27.4 Å². The van der Waals surface area contributed by atoms with Gasteiger partial charge in [-0.25, -0.2) is 0 Å². The van der Waals surface area contributed by atoms with Gasteiger partial charge >= 0.3 is 0 Å². The van der Waals surface area contributed by atoms with Crippen LogP contribution >= 0.6 is 0 Å². The van der Waals surface area contributed by atoms with Gasteiger partial charge in [0.15, 0.2) is 6.29 Å². The Kier molecular flexibility index (Phi) is 4.38. The number of hydrogen-bond acceptors (Lipinski definition) is 4.